The highest BCUT2D eigenvalue weighted by Gasteiger charge is 2.20. The fourth-order valence-electron chi connectivity index (χ4n) is 3.46. The monoisotopic (exact) mass is 444 g/mol. The van der Waals surface area contributed by atoms with Crippen LogP contribution in [0.3, 0.4) is 0 Å². The molecular weight excluding hydrogens is 416 g/mol. The van der Waals surface area contributed by atoms with Crippen LogP contribution in [0.2, 0.25) is 5.02 Å². The minimum absolute atomic E-state index is 0.175. The minimum Gasteiger partial charge on any atom is -0.490 e. The molecule has 1 fully saturated rings. The third-order valence-electron chi connectivity index (χ3n) is 5.05. The van der Waals surface area contributed by atoms with Crippen molar-refractivity contribution in [2.24, 2.45) is 0 Å². The molecule has 0 unspecified atom stereocenters. The fourth-order valence-corrected chi connectivity index (χ4v) is 3.73. The number of nitrogens with one attached hydrogen (secondary N) is 1. The van der Waals surface area contributed by atoms with Crippen LogP contribution in [-0.2, 0) is 11.3 Å². The molecule has 2 aromatic carbocycles. The number of rotatable bonds is 10. The second-order valence-corrected chi connectivity index (χ2v) is 7.90. The van der Waals surface area contributed by atoms with E-state index in [1.165, 1.54) is 0 Å². The van der Waals surface area contributed by atoms with Gasteiger partial charge >= 0.3 is 0 Å². The zero-order valence-corrected chi connectivity index (χ0v) is 18.8. The Balaban J connectivity index is 1.73. The third-order valence-corrected chi connectivity index (χ3v) is 5.33. The number of anilines is 1. The molecule has 0 bridgehead atoms. The first-order chi connectivity index (χ1) is 15.0. The SMILES string of the molecule is CCCCOc1c(Cl)cc(C(=O)Nc2cccc(CN3CCCC3=O)c2)cc1OCC. The normalized spacial score (nSPS) is 13.4. The molecule has 31 heavy (non-hydrogen) atoms. The van der Waals surface area contributed by atoms with E-state index in [1.54, 1.807) is 12.1 Å². The van der Waals surface area contributed by atoms with E-state index in [2.05, 4.69) is 12.2 Å². The van der Waals surface area contributed by atoms with Gasteiger partial charge in [-0.3, -0.25) is 9.59 Å². The Hall–Kier alpha value is -2.73. The van der Waals surface area contributed by atoms with Gasteiger partial charge in [-0.25, -0.2) is 0 Å². The Kier molecular flexibility index (Phi) is 8.18. The molecule has 3 rings (SSSR count). The summed E-state index contributed by atoms with van der Waals surface area (Å²) in [5.41, 5.74) is 2.02. The second-order valence-electron chi connectivity index (χ2n) is 7.49. The Labute approximate surface area is 188 Å². The van der Waals surface area contributed by atoms with Crippen molar-refractivity contribution in [1.29, 1.82) is 0 Å². The van der Waals surface area contributed by atoms with Crippen molar-refractivity contribution < 1.29 is 19.1 Å². The standard InChI is InChI=1S/C24H29ClN2O4/c1-3-5-12-31-23-20(25)14-18(15-21(23)30-4-2)24(29)26-19-9-6-8-17(13-19)16-27-11-7-10-22(27)28/h6,8-9,13-15H,3-5,7,10-12,16H2,1-2H3,(H,26,29). The zero-order chi connectivity index (χ0) is 22.2. The summed E-state index contributed by atoms with van der Waals surface area (Å²) in [6, 6.07) is 10.8. The molecule has 0 saturated carbocycles. The minimum atomic E-state index is -0.294. The predicted molar refractivity (Wildman–Crippen MR) is 122 cm³/mol. The van der Waals surface area contributed by atoms with Crippen molar-refractivity contribution in [2.75, 3.05) is 25.1 Å². The highest BCUT2D eigenvalue weighted by Crippen LogP contribution is 2.37. The Morgan fingerprint density at radius 1 is 1.19 bits per heavy atom. The molecule has 1 heterocycles. The van der Waals surface area contributed by atoms with Crippen LogP contribution >= 0.6 is 11.6 Å². The van der Waals surface area contributed by atoms with Gasteiger partial charge in [-0.05, 0) is 49.6 Å². The number of benzene rings is 2. The van der Waals surface area contributed by atoms with E-state index in [0.717, 1.165) is 31.4 Å². The summed E-state index contributed by atoms with van der Waals surface area (Å²) in [7, 11) is 0. The van der Waals surface area contributed by atoms with E-state index in [9.17, 15) is 9.59 Å². The van der Waals surface area contributed by atoms with Gasteiger partial charge in [0.25, 0.3) is 5.91 Å². The molecule has 1 aliphatic heterocycles. The summed E-state index contributed by atoms with van der Waals surface area (Å²) in [4.78, 5) is 26.6. The first-order valence-electron chi connectivity index (χ1n) is 10.8. The number of amides is 2. The summed E-state index contributed by atoms with van der Waals surface area (Å²) < 4.78 is 11.4. The van der Waals surface area contributed by atoms with Gasteiger partial charge in [0.15, 0.2) is 11.5 Å². The number of likely N-dealkylation sites (tertiary alicyclic amines) is 1. The molecule has 7 heteroatoms. The molecule has 0 atom stereocenters. The molecule has 6 nitrogen and oxygen atoms in total. The summed E-state index contributed by atoms with van der Waals surface area (Å²) in [6.07, 6.45) is 3.42. The van der Waals surface area contributed by atoms with Crippen LogP contribution in [0.5, 0.6) is 11.5 Å². The van der Waals surface area contributed by atoms with Gasteiger partial charge < -0.3 is 19.7 Å². The summed E-state index contributed by atoms with van der Waals surface area (Å²) in [5.74, 6) is 0.800. The van der Waals surface area contributed by atoms with E-state index in [-0.39, 0.29) is 11.8 Å². The van der Waals surface area contributed by atoms with Crippen LogP contribution in [0.1, 0.15) is 55.5 Å². The number of nitrogens with zero attached hydrogens (tertiary/aromatic N) is 1. The van der Waals surface area contributed by atoms with E-state index in [0.29, 0.717) is 54.0 Å². The van der Waals surface area contributed by atoms with Crippen molar-refractivity contribution in [2.45, 2.75) is 46.1 Å². The van der Waals surface area contributed by atoms with Crippen LogP contribution < -0.4 is 14.8 Å². The van der Waals surface area contributed by atoms with Gasteiger partial charge in [-0.2, -0.15) is 0 Å². The Morgan fingerprint density at radius 3 is 2.74 bits per heavy atom. The second kappa shape index (κ2) is 11.0. The van der Waals surface area contributed by atoms with E-state index in [1.807, 2.05) is 36.1 Å². The Morgan fingerprint density at radius 2 is 2.03 bits per heavy atom. The molecule has 1 N–H and O–H groups in total. The lowest BCUT2D eigenvalue weighted by Gasteiger charge is -2.17. The molecule has 2 aromatic rings. The first-order valence-corrected chi connectivity index (χ1v) is 11.2. The topological polar surface area (TPSA) is 67.9 Å². The first kappa shape index (κ1) is 22.9. The fraction of sp³-hybridized carbons (Fsp3) is 0.417. The lowest BCUT2D eigenvalue weighted by molar-refractivity contribution is -0.128. The van der Waals surface area contributed by atoms with Gasteiger partial charge in [0.1, 0.15) is 0 Å². The molecular formula is C24H29ClN2O4. The number of halogens is 1. The average Bonchev–Trinajstić information content (AvgIpc) is 3.14. The summed E-state index contributed by atoms with van der Waals surface area (Å²) >= 11 is 6.41. The number of hydrogen-bond acceptors (Lipinski definition) is 4. The number of ether oxygens (including phenoxy) is 2. The van der Waals surface area contributed by atoms with Gasteiger partial charge in [0.2, 0.25) is 5.91 Å². The van der Waals surface area contributed by atoms with Crippen molar-refractivity contribution in [3.8, 4) is 11.5 Å². The van der Waals surface area contributed by atoms with Gasteiger partial charge in [0.05, 0.1) is 18.2 Å². The van der Waals surface area contributed by atoms with E-state index >= 15 is 0 Å². The third kappa shape index (κ3) is 6.14. The Bertz CT molecular complexity index is 932. The van der Waals surface area contributed by atoms with Crippen molar-refractivity contribution in [3.05, 3.63) is 52.5 Å². The molecule has 0 spiro atoms. The molecule has 166 valence electrons. The number of unbranched alkanes of at least 4 members (excludes halogenated alkanes) is 1. The van der Waals surface area contributed by atoms with Gasteiger partial charge in [-0.15, -0.1) is 0 Å². The maximum atomic E-state index is 12.9. The number of hydrogen-bond donors (Lipinski definition) is 1. The van der Waals surface area contributed by atoms with Crippen LogP contribution in [-0.4, -0.2) is 36.5 Å². The molecule has 2 amide bonds. The zero-order valence-electron chi connectivity index (χ0n) is 18.1. The highest BCUT2D eigenvalue weighted by molar-refractivity contribution is 6.32. The predicted octanol–water partition coefficient (Wildman–Crippen LogP) is 5.29. The maximum Gasteiger partial charge on any atom is 0.255 e. The molecule has 0 aromatic heterocycles. The van der Waals surface area contributed by atoms with E-state index in [4.69, 9.17) is 21.1 Å². The summed E-state index contributed by atoms with van der Waals surface area (Å²) in [5, 5.41) is 3.25. The lowest BCUT2D eigenvalue weighted by atomic mass is 10.1. The van der Waals surface area contributed by atoms with Crippen molar-refractivity contribution in [1.82, 2.24) is 4.90 Å². The molecule has 0 aliphatic carbocycles. The smallest absolute Gasteiger partial charge is 0.255 e. The molecule has 1 aliphatic rings. The number of carbonyl (C=O) groups excluding carboxylic acids is 2. The van der Waals surface area contributed by atoms with E-state index < -0.39 is 0 Å². The molecule has 1 saturated heterocycles. The van der Waals surface area contributed by atoms with Crippen LogP contribution in [0, 0.1) is 0 Å². The maximum absolute atomic E-state index is 12.9. The van der Waals surface area contributed by atoms with Crippen LogP contribution in [0.15, 0.2) is 36.4 Å². The average molecular weight is 445 g/mol. The quantitative estimate of drug-likeness (QED) is 0.505. The van der Waals surface area contributed by atoms with Crippen LogP contribution in [0.4, 0.5) is 5.69 Å². The summed E-state index contributed by atoms with van der Waals surface area (Å²) in [6.45, 7) is 6.25. The molecule has 0 radical (unpaired) electrons. The lowest BCUT2D eigenvalue weighted by Crippen LogP contribution is -2.23. The van der Waals surface area contributed by atoms with Crippen molar-refractivity contribution >= 4 is 29.1 Å². The van der Waals surface area contributed by atoms with Crippen molar-refractivity contribution in [3.63, 3.8) is 0 Å². The number of carbonyl (C=O) groups is 2. The van der Waals surface area contributed by atoms with Gasteiger partial charge in [0, 0.05) is 30.8 Å². The largest absolute Gasteiger partial charge is 0.490 e. The van der Waals surface area contributed by atoms with Gasteiger partial charge in [-0.1, -0.05) is 37.1 Å². The highest BCUT2D eigenvalue weighted by atomic mass is 35.5. The van der Waals surface area contributed by atoms with Crippen LogP contribution in [0.25, 0.3) is 0 Å².